The molecular formula is C42H55BrN4O7. The Balaban J connectivity index is 1.53. The lowest BCUT2D eigenvalue weighted by molar-refractivity contribution is -0.161. The summed E-state index contributed by atoms with van der Waals surface area (Å²) in [5.74, 6) is -3.62. The quantitative estimate of drug-likeness (QED) is 0.107. The number of anilines is 2. The number of alkyl halides is 1. The molecule has 3 amide bonds. The Kier molecular flexibility index (Phi) is 13.8. The van der Waals surface area contributed by atoms with Crippen molar-refractivity contribution in [1.82, 2.24) is 10.2 Å². The normalized spacial score (nSPS) is 25.2. The molecule has 2 N–H and O–H groups in total. The van der Waals surface area contributed by atoms with E-state index in [4.69, 9.17) is 9.47 Å². The van der Waals surface area contributed by atoms with Gasteiger partial charge in [-0.25, -0.2) is 0 Å². The number of benzene rings is 2. The number of aliphatic hydroxyl groups excluding tert-OH is 1. The SMILES string of the molecule is C=CCCC(=O)NC[C@H](OC(=O)[C@@H]1[C@H]2O[C@@]3(CC2Br)[C@H](C(=O)N(CC=C)c2ccc(N(CC)CC)cc2)N([C@@H](CO)CC(C)C)C(=O)[C@@H]13)c1ccccc1. The van der Waals surface area contributed by atoms with Gasteiger partial charge in [-0.1, -0.05) is 72.3 Å². The summed E-state index contributed by atoms with van der Waals surface area (Å²) in [6.07, 6.45) is 3.22. The van der Waals surface area contributed by atoms with Crippen LogP contribution >= 0.6 is 15.9 Å². The minimum absolute atomic E-state index is 0.0310. The zero-order valence-electron chi connectivity index (χ0n) is 31.9. The van der Waals surface area contributed by atoms with Gasteiger partial charge in [0.1, 0.15) is 17.7 Å². The number of aliphatic hydroxyl groups is 1. The fraction of sp³-hybridized carbons (Fsp3) is 0.524. The fourth-order valence-electron chi connectivity index (χ4n) is 8.50. The van der Waals surface area contributed by atoms with E-state index in [1.807, 2.05) is 68.4 Å². The molecule has 11 nitrogen and oxygen atoms in total. The first kappa shape index (κ1) is 41.2. The first-order valence-corrected chi connectivity index (χ1v) is 20.0. The first-order valence-electron chi connectivity index (χ1n) is 19.1. The van der Waals surface area contributed by atoms with Crippen molar-refractivity contribution in [3.8, 4) is 0 Å². The molecule has 0 aliphatic carbocycles. The van der Waals surface area contributed by atoms with E-state index in [0.29, 0.717) is 30.5 Å². The predicted octanol–water partition coefficient (Wildman–Crippen LogP) is 5.57. The lowest BCUT2D eigenvalue weighted by Crippen LogP contribution is -2.59. The highest BCUT2D eigenvalue weighted by atomic mass is 79.9. The molecule has 3 aliphatic heterocycles. The van der Waals surface area contributed by atoms with Crippen LogP contribution in [0.5, 0.6) is 0 Å². The number of amides is 3. The summed E-state index contributed by atoms with van der Waals surface area (Å²) in [7, 11) is 0. The van der Waals surface area contributed by atoms with Crippen LogP contribution in [-0.2, 0) is 28.7 Å². The Morgan fingerprint density at radius 3 is 2.33 bits per heavy atom. The van der Waals surface area contributed by atoms with Crippen molar-refractivity contribution in [3.63, 3.8) is 0 Å². The van der Waals surface area contributed by atoms with Gasteiger partial charge in [0.05, 0.1) is 37.1 Å². The second-order valence-electron chi connectivity index (χ2n) is 14.8. The van der Waals surface area contributed by atoms with Crippen molar-refractivity contribution in [2.24, 2.45) is 17.8 Å². The van der Waals surface area contributed by atoms with Crippen LogP contribution in [-0.4, -0.2) is 95.1 Å². The lowest BCUT2D eigenvalue weighted by Gasteiger charge is -2.40. The highest BCUT2D eigenvalue weighted by Crippen LogP contribution is 2.61. The maximum atomic E-state index is 15.2. The van der Waals surface area contributed by atoms with Crippen LogP contribution < -0.4 is 15.1 Å². The number of halogens is 1. The molecule has 3 aliphatic rings. The van der Waals surface area contributed by atoms with E-state index in [1.165, 1.54) is 4.90 Å². The number of rotatable bonds is 19. The van der Waals surface area contributed by atoms with E-state index in [-0.39, 0.29) is 48.7 Å². The highest BCUT2D eigenvalue weighted by Gasteiger charge is 2.77. The third kappa shape index (κ3) is 8.16. The number of nitrogens with zero attached hydrogens (tertiary/aromatic N) is 3. The van der Waals surface area contributed by atoms with Crippen LogP contribution in [0.1, 0.15) is 65.0 Å². The largest absolute Gasteiger partial charge is 0.455 e. The summed E-state index contributed by atoms with van der Waals surface area (Å²) in [5, 5.41) is 13.6. The molecule has 3 heterocycles. The number of hydrogen-bond donors (Lipinski definition) is 2. The Morgan fingerprint density at radius 2 is 1.74 bits per heavy atom. The molecule has 2 aromatic rings. The van der Waals surface area contributed by atoms with E-state index in [0.717, 1.165) is 18.8 Å². The molecular weight excluding hydrogens is 752 g/mol. The van der Waals surface area contributed by atoms with Crippen molar-refractivity contribution in [1.29, 1.82) is 0 Å². The van der Waals surface area contributed by atoms with Gasteiger partial charge in [-0.05, 0) is 68.9 Å². The minimum atomic E-state index is -1.37. The third-order valence-electron chi connectivity index (χ3n) is 10.9. The van der Waals surface area contributed by atoms with E-state index in [9.17, 15) is 19.5 Å². The maximum Gasteiger partial charge on any atom is 0.313 e. The standard InChI is InChI=1S/C42H55BrN4O7/c1-7-11-17-34(49)44-25-33(28-15-13-12-14-16-28)53-41(52)35-36-39(50)47(31(26-48)23-27(5)6)38(42(36)24-32(43)37(35)54-42)40(51)46(22-8-2)30-20-18-29(19-21-30)45(9-3)10-4/h7-8,12-16,18-21,27,31-33,35-38,48H,1-2,9-11,17,22-26H2,3-6H3,(H,44,49)/t31-,32?,33+,35+,36-,37+,38+,42-/m1/s1. The smallest absolute Gasteiger partial charge is 0.313 e. The molecule has 0 aromatic heterocycles. The molecule has 292 valence electrons. The van der Waals surface area contributed by atoms with Gasteiger partial charge in [0.2, 0.25) is 11.8 Å². The molecule has 12 heteroatoms. The molecule has 2 bridgehead atoms. The number of fused-ring (bicyclic) bond motifs is 1. The zero-order valence-corrected chi connectivity index (χ0v) is 33.5. The summed E-state index contributed by atoms with van der Waals surface area (Å²) >= 11 is 3.76. The van der Waals surface area contributed by atoms with E-state index in [2.05, 4.69) is 53.2 Å². The van der Waals surface area contributed by atoms with Gasteiger partial charge in [-0.2, -0.15) is 0 Å². The van der Waals surface area contributed by atoms with Crippen molar-refractivity contribution in [2.75, 3.05) is 42.6 Å². The summed E-state index contributed by atoms with van der Waals surface area (Å²) in [4.78, 5) is 62.1. The highest BCUT2D eigenvalue weighted by molar-refractivity contribution is 9.09. The average molecular weight is 808 g/mol. The third-order valence-corrected chi connectivity index (χ3v) is 11.8. The summed E-state index contributed by atoms with van der Waals surface area (Å²) < 4.78 is 13.0. The van der Waals surface area contributed by atoms with Crippen LogP contribution in [0.2, 0.25) is 0 Å². The monoisotopic (exact) mass is 806 g/mol. The molecule has 1 unspecified atom stereocenters. The molecule has 5 rings (SSSR count). The second-order valence-corrected chi connectivity index (χ2v) is 15.9. The van der Waals surface area contributed by atoms with E-state index in [1.54, 1.807) is 17.1 Å². The number of esters is 1. The number of carbonyl (C=O) groups is 4. The summed E-state index contributed by atoms with van der Waals surface area (Å²) in [6, 6.07) is 15.0. The van der Waals surface area contributed by atoms with E-state index >= 15 is 4.79 Å². The second kappa shape index (κ2) is 18.1. The first-order chi connectivity index (χ1) is 26.0. The molecule has 1 spiro atoms. The van der Waals surface area contributed by atoms with Crippen LogP contribution in [0.15, 0.2) is 79.9 Å². The van der Waals surface area contributed by atoms with Gasteiger partial charge in [0, 0.05) is 42.3 Å². The molecule has 3 saturated heterocycles. The molecule has 3 fully saturated rings. The van der Waals surface area contributed by atoms with Crippen LogP contribution in [0.3, 0.4) is 0 Å². The number of allylic oxidation sites excluding steroid dienone is 1. The Morgan fingerprint density at radius 1 is 1.07 bits per heavy atom. The summed E-state index contributed by atoms with van der Waals surface area (Å²) in [6.45, 7) is 17.3. The summed E-state index contributed by atoms with van der Waals surface area (Å²) in [5.41, 5.74) is 0.964. The van der Waals surface area contributed by atoms with Crippen molar-refractivity contribution in [3.05, 3.63) is 85.5 Å². The number of ether oxygens (including phenoxy) is 2. The van der Waals surface area contributed by atoms with Gasteiger partial charge in [0.25, 0.3) is 5.91 Å². The number of nitrogens with one attached hydrogen (secondary N) is 1. The van der Waals surface area contributed by atoms with Crippen LogP contribution in [0.25, 0.3) is 0 Å². The average Bonchev–Trinajstić information content (AvgIpc) is 3.77. The molecule has 0 radical (unpaired) electrons. The molecule has 2 aromatic carbocycles. The fourth-order valence-corrected chi connectivity index (χ4v) is 9.45. The number of carbonyl (C=O) groups excluding carboxylic acids is 4. The maximum absolute atomic E-state index is 15.2. The molecule has 0 saturated carbocycles. The van der Waals surface area contributed by atoms with Gasteiger partial charge in [-0.3, -0.25) is 19.2 Å². The Labute approximate surface area is 327 Å². The molecule has 8 atom stereocenters. The van der Waals surface area contributed by atoms with Gasteiger partial charge in [0.15, 0.2) is 0 Å². The van der Waals surface area contributed by atoms with E-state index < -0.39 is 53.6 Å². The lowest BCUT2D eigenvalue weighted by atomic mass is 9.70. The topological polar surface area (TPSA) is 129 Å². The molecule has 54 heavy (non-hydrogen) atoms. The van der Waals surface area contributed by atoms with Crippen LogP contribution in [0, 0.1) is 17.8 Å². The zero-order chi connectivity index (χ0) is 39.2. The van der Waals surface area contributed by atoms with Crippen molar-refractivity contribution in [2.45, 2.75) is 88.1 Å². The predicted molar refractivity (Wildman–Crippen MR) is 213 cm³/mol. The van der Waals surface area contributed by atoms with Crippen molar-refractivity contribution >= 4 is 51.0 Å². The Bertz CT molecular complexity index is 1650. The van der Waals surface area contributed by atoms with Gasteiger partial charge < -0.3 is 34.6 Å². The Hall–Kier alpha value is -4.00. The number of hydrogen-bond acceptors (Lipinski definition) is 8. The minimum Gasteiger partial charge on any atom is -0.455 e. The van der Waals surface area contributed by atoms with Gasteiger partial charge >= 0.3 is 5.97 Å². The number of likely N-dealkylation sites (tertiary alicyclic amines) is 1. The van der Waals surface area contributed by atoms with Crippen LogP contribution in [0.4, 0.5) is 11.4 Å². The van der Waals surface area contributed by atoms with Crippen molar-refractivity contribution < 1.29 is 33.8 Å². The van der Waals surface area contributed by atoms with Gasteiger partial charge in [-0.15, -0.1) is 13.2 Å².